The average Bonchev–Trinajstić information content (AvgIpc) is 2.79. The molecule has 1 aliphatic heterocycles. The first-order chi connectivity index (χ1) is 5.97. The molecule has 0 spiro atoms. The molecule has 78 valence electrons. The Labute approximate surface area is 90.3 Å². The van der Waals surface area contributed by atoms with Gasteiger partial charge in [-0.1, -0.05) is 18.2 Å². The Bertz CT molecular complexity index is 224. The lowest BCUT2D eigenvalue weighted by Crippen LogP contribution is -2.23. The molecule has 0 radical (unpaired) electrons. The SMILES string of the molecule is CCN1CC1CNP(=S)(Cl)N(C)C. The zero-order valence-electron chi connectivity index (χ0n) is 8.33. The van der Waals surface area contributed by atoms with E-state index in [9.17, 15) is 0 Å². The maximum absolute atomic E-state index is 6.16. The highest BCUT2D eigenvalue weighted by molar-refractivity contribution is 8.24. The molecule has 0 bridgehead atoms. The second-order valence-corrected chi connectivity index (χ2v) is 9.23. The van der Waals surface area contributed by atoms with Crippen LogP contribution >= 0.6 is 16.9 Å². The molecule has 13 heavy (non-hydrogen) atoms. The fourth-order valence-corrected chi connectivity index (χ4v) is 2.31. The van der Waals surface area contributed by atoms with Crippen molar-refractivity contribution in [2.24, 2.45) is 0 Å². The van der Waals surface area contributed by atoms with Gasteiger partial charge in [-0.15, -0.1) is 0 Å². The second-order valence-electron chi connectivity index (χ2n) is 3.45. The van der Waals surface area contributed by atoms with E-state index in [4.69, 9.17) is 23.0 Å². The van der Waals surface area contributed by atoms with E-state index in [0.29, 0.717) is 6.04 Å². The van der Waals surface area contributed by atoms with Gasteiger partial charge in [0, 0.05) is 19.1 Å². The molecule has 1 heterocycles. The van der Waals surface area contributed by atoms with Crippen LogP contribution in [-0.2, 0) is 11.8 Å². The van der Waals surface area contributed by atoms with E-state index < -0.39 is 5.69 Å². The van der Waals surface area contributed by atoms with Crippen LogP contribution in [0.1, 0.15) is 6.92 Å². The molecule has 0 saturated carbocycles. The molecule has 1 aliphatic rings. The van der Waals surface area contributed by atoms with E-state index in [-0.39, 0.29) is 0 Å². The van der Waals surface area contributed by atoms with Crippen molar-refractivity contribution in [2.45, 2.75) is 13.0 Å². The van der Waals surface area contributed by atoms with E-state index in [1.54, 1.807) is 0 Å². The molecule has 1 rings (SSSR count). The Morgan fingerprint density at radius 1 is 1.69 bits per heavy atom. The van der Waals surface area contributed by atoms with Crippen LogP contribution in [0, 0.1) is 0 Å². The van der Waals surface area contributed by atoms with Crippen LogP contribution in [0.15, 0.2) is 0 Å². The monoisotopic (exact) mass is 241 g/mol. The van der Waals surface area contributed by atoms with E-state index in [1.807, 2.05) is 18.8 Å². The summed E-state index contributed by atoms with van der Waals surface area (Å²) in [6.45, 7) is 5.40. The summed E-state index contributed by atoms with van der Waals surface area (Å²) in [6, 6.07) is 0.658. The van der Waals surface area contributed by atoms with Gasteiger partial charge in [0.25, 0.3) is 0 Å². The van der Waals surface area contributed by atoms with Crippen LogP contribution in [-0.4, -0.2) is 49.3 Å². The quantitative estimate of drug-likeness (QED) is 0.578. The predicted octanol–water partition coefficient (Wildman–Crippen LogP) is 1.30. The van der Waals surface area contributed by atoms with E-state index in [2.05, 4.69) is 16.9 Å². The van der Waals surface area contributed by atoms with Gasteiger partial charge in [-0.05, 0) is 32.4 Å². The molecule has 0 aromatic carbocycles. The number of hydrogen-bond donors (Lipinski definition) is 1. The summed E-state index contributed by atoms with van der Waals surface area (Å²) in [5, 5.41) is 3.26. The van der Waals surface area contributed by atoms with Crippen molar-refractivity contribution >= 4 is 28.7 Å². The molecule has 6 heteroatoms. The molecule has 1 saturated heterocycles. The van der Waals surface area contributed by atoms with Gasteiger partial charge in [0.15, 0.2) is 5.69 Å². The first-order valence-corrected chi connectivity index (χ1v) is 8.10. The van der Waals surface area contributed by atoms with Crippen molar-refractivity contribution in [3.05, 3.63) is 0 Å². The van der Waals surface area contributed by atoms with Crippen LogP contribution in [0.3, 0.4) is 0 Å². The Hall–Kier alpha value is 0.820. The van der Waals surface area contributed by atoms with Gasteiger partial charge in [0.2, 0.25) is 0 Å². The van der Waals surface area contributed by atoms with Crippen LogP contribution in [0.25, 0.3) is 0 Å². The van der Waals surface area contributed by atoms with Gasteiger partial charge in [-0.2, -0.15) is 0 Å². The van der Waals surface area contributed by atoms with Crippen molar-refractivity contribution in [1.82, 2.24) is 14.7 Å². The minimum atomic E-state index is -1.95. The average molecular weight is 242 g/mol. The zero-order chi connectivity index (χ0) is 10.1. The highest BCUT2D eigenvalue weighted by atomic mass is 35.7. The smallest absolute Gasteiger partial charge is 0.161 e. The molecule has 0 aliphatic carbocycles. The molecule has 3 unspecified atom stereocenters. The van der Waals surface area contributed by atoms with Crippen LogP contribution in [0.2, 0.25) is 0 Å². The van der Waals surface area contributed by atoms with Gasteiger partial charge in [-0.25, -0.2) is 0 Å². The lowest BCUT2D eigenvalue weighted by Gasteiger charge is -2.22. The molecular formula is C7H17ClN3PS. The molecule has 1 fully saturated rings. The number of rotatable bonds is 5. The predicted molar refractivity (Wildman–Crippen MR) is 62.9 cm³/mol. The Morgan fingerprint density at radius 3 is 2.69 bits per heavy atom. The fraction of sp³-hybridized carbons (Fsp3) is 1.00. The number of likely N-dealkylation sites (N-methyl/N-ethyl adjacent to an activating group) is 1. The number of halogens is 1. The van der Waals surface area contributed by atoms with Gasteiger partial charge in [-0.3, -0.25) is 14.7 Å². The highest BCUT2D eigenvalue weighted by Gasteiger charge is 2.32. The van der Waals surface area contributed by atoms with Crippen LogP contribution in [0.4, 0.5) is 0 Å². The van der Waals surface area contributed by atoms with Gasteiger partial charge in [0.05, 0.1) is 0 Å². The third kappa shape index (κ3) is 3.46. The Morgan fingerprint density at radius 2 is 2.31 bits per heavy atom. The van der Waals surface area contributed by atoms with Gasteiger partial charge >= 0.3 is 0 Å². The molecule has 0 aromatic rings. The zero-order valence-corrected chi connectivity index (χ0v) is 10.8. The van der Waals surface area contributed by atoms with E-state index in [1.165, 1.54) is 6.54 Å². The third-order valence-electron chi connectivity index (χ3n) is 2.27. The summed E-state index contributed by atoms with van der Waals surface area (Å²) in [4.78, 5) is 2.38. The summed E-state index contributed by atoms with van der Waals surface area (Å²) in [7, 11) is 3.84. The summed E-state index contributed by atoms with van der Waals surface area (Å²) in [5.41, 5.74) is -1.95. The van der Waals surface area contributed by atoms with Crippen molar-refractivity contribution < 1.29 is 0 Å². The summed E-state index contributed by atoms with van der Waals surface area (Å²) < 4.78 is 1.91. The maximum atomic E-state index is 6.16. The molecule has 0 amide bonds. The second kappa shape index (κ2) is 4.56. The van der Waals surface area contributed by atoms with Crippen molar-refractivity contribution in [3.63, 3.8) is 0 Å². The molecule has 1 N–H and O–H groups in total. The maximum Gasteiger partial charge on any atom is 0.161 e. The lowest BCUT2D eigenvalue weighted by molar-refractivity contribution is 0.529. The summed E-state index contributed by atoms with van der Waals surface area (Å²) in [5.74, 6) is 0. The first kappa shape index (κ1) is 11.9. The first-order valence-electron chi connectivity index (χ1n) is 4.44. The van der Waals surface area contributed by atoms with Gasteiger partial charge in [0.1, 0.15) is 0 Å². The van der Waals surface area contributed by atoms with Crippen molar-refractivity contribution in [2.75, 3.05) is 33.7 Å². The van der Waals surface area contributed by atoms with Crippen LogP contribution in [0.5, 0.6) is 0 Å². The Balaban J connectivity index is 2.23. The molecular weight excluding hydrogens is 225 g/mol. The van der Waals surface area contributed by atoms with Crippen molar-refractivity contribution in [3.8, 4) is 0 Å². The topological polar surface area (TPSA) is 18.3 Å². The van der Waals surface area contributed by atoms with Crippen LogP contribution < -0.4 is 5.09 Å². The number of nitrogens with zero attached hydrogens (tertiary/aromatic N) is 2. The fourth-order valence-electron chi connectivity index (χ4n) is 1.16. The summed E-state index contributed by atoms with van der Waals surface area (Å²) >= 11 is 11.4. The minimum absolute atomic E-state index is 0.658. The Kier molecular flexibility index (Phi) is 4.17. The number of nitrogens with one attached hydrogen (secondary N) is 1. The molecule has 0 aromatic heterocycles. The third-order valence-corrected chi connectivity index (χ3v) is 6.51. The molecule has 3 nitrogen and oxygen atoms in total. The molecule has 3 atom stereocenters. The highest BCUT2D eigenvalue weighted by Crippen LogP contribution is 2.48. The standard InChI is InChI=1S/C7H17ClN3PS/c1-4-11-6-7(11)5-9-12(8,13)10(2)3/h7H,4-6H2,1-3H3,(H,9,13). The van der Waals surface area contributed by atoms with Crippen molar-refractivity contribution in [1.29, 1.82) is 0 Å². The minimum Gasteiger partial charge on any atom is -0.296 e. The number of hydrogen-bond acceptors (Lipinski definition) is 2. The lowest BCUT2D eigenvalue weighted by atomic mass is 10.5. The van der Waals surface area contributed by atoms with E-state index in [0.717, 1.165) is 13.1 Å². The van der Waals surface area contributed by atoms with E-state index >= 15 is 0 Å². The largest absolute Gasteiger partial charge is 0.296 e. The summed E-state index contributed by atoms with van der Waals surface area (Å²) in [6.07, 6.45) is 0. The van der Waals surface area contributed by atoms with Gasteiger partial charge < -0.3 is 0 Å². The normalized spacial score (nSPS) is 31.8.